The van der Waals surface area contributed by atoms with Gasteiger partial charge in [0.2, 0.25) is 0 Å². The Labute approximate surface area is 106 Å². The summed E-state index contributed by atoms with van der Waals surface area (Å²) >= 11 is 0. The Balaban J connectivity index is 3.43. The zero-order valence-electron chi connectivity index (χ0n) is 9.67. The molecule has 0 aliphatic heterocycles. The van der Waals surface area contributed by atoms with Gasteiger partial charge in [-0.2, -0.15) is 8.78 Å². The van der Waals surface area contributed by atoms with Crippen LogP contribution in [0.25, 0.3) is 6.08 Å². The molecule has 0 aliphatic rings. The summed E-state index contributed by atoms with van der Waals surface area (Å²) in [5.74, 6) is -1.82. The number of aliphatic carboxylic acids is 1. The Morgan fingerprint density at radius 2 is 2.16 bits per heavy atom. The number of carboxylic acids is 1. The highest BCUT2D eigenvalue weighted by Gasteiger charge is 2.22. The van der Waals surface area contributed by atoms with Crippen molar-refractivity contribution in [3.8, 4) is 5.75 Å². The number of aryl methyl sites for hydroxylation is 1. The van der Waals surface area contributed by atoms with E-state index in [0.29, 0.717) is 6.08 Å². The largest absolute Gasteiger partial charge is 0.478 e. The molecular formula is C11H9F2NO5. The van der Waals surface area contributed by atoms with Crippen molar-refractivity contribution < 1.29 is 28.3 Å². The average molecular weight is 273 g/mol. The number of halogens is 2. The fraction of sp³-hybridized carbons (Fsp3) is 0.182. The SMILES string of the molecule is Cc1ccc(OC(F)F)c(/C=C/C(=O)O)c1[N+](=O)[O-]. The maximum atomic E-state index is 12.2. The first-order chi connectivity index (χ1) is 8.82. The van der Waals surface area contributed by atoms with Gasteiger partial charge in [0.15, 0.2) is 0 Å². The van der Waals surface area contributed by atoms with Gasteiger partial charge < -0.3 is 9.84 Å². The molecule has 0 aromatic heterocycles. The first kappa shape index (κ1) is 14.6. The van der Waals surface area contributed by atoms with E-state index in [9.17, 15) is 23.7 Å². The lowest BCUT2D eigenvalue weighted by atomic mass is 10.1. The van der Waals surface area contributed by atoms with Gasteiger partial charge in [-0.05, 0) is 25.1 Å². The maximum Gasteiger partial charge on any atom is 0.387 e. The number of nitrogens with zero attached hydrogens (tertiary/aromatic N) is 1. The number of rotatable bonds is 5. The van der Waals surface area contributed by atoms with Crippen molar-refractivity contribution in [3.63, 3.8) is 0 Å². The lowest BCUT2D eigenvalue weighted by Gasteiger charge is -2.09. The van der Waals surface area contributed by atoms with E-state index in [0.717, 1.165) is 12.1 Å². The third-order valence-corrected chi connectivity index (χ3v) is 2.17. The van der Waals surface area contributed by atoms with Gasteiger partial charge in [-0.15, -0.1) is 0 Å². The van der Waals surface area contributed by atoms with Crippen molar-refractivity contribution in [1.29, 1.82) is 0 Å². The molecular weight excluding hydrogens is 264 g/mol. The van der Waals surface area contributed by atoms with Crippen LogP contribution in [0.15, 0.2) is 18.2 Å². The molecule has 0 saturated carbocycles. The molecule has 8 heteroatoms. The smallest absolute Gasteiger partial charge is 0.387 e. The molecule has 1 aromatic rings. The minimum absolute atomic E-state index is 0.205. The second-order valence-electron chi connectivity index (χ2n) is 3.45. The molecule has 1 aromatic carbocycles. The van der Waals surface area contributed by atoms with E-state index in [4.69, 9.17) is 5.11 Å². The Bertz CT molecular complexity index is 542. The van der Waals surface area contributed by atoms with Crippen LogP contribution in [-0.2, 0) is 4.79 Å². The van der Waals surface area contributed by atoms with Crippen LogP contribution in [0.4, 0.5) is 14.5 Å². The van der Waals surface area contributed by atoms with E-state index >= 15 is 0 Å². The van der Waals surface area contributed by atoms with Crippen LogP contribution in [0, 0.1) is 17.0 Å². The summed E-state index contributed by atoms with van der Waals surface area (Å²) in [7, 11) is 0. The van der Waals surface area contributed by atoms with Crippen LogP contribution < -0.4 is 4.74 Å². The van der Waals surface area contributed by atoms with Crippen LogP contribution in [-0.4, -0.2) is 22.6 Å². The van der Waals surface area contributed by atoms with Gasteiger partial charge >= 0.3 is 12.6 Å². The molecule has 0 aliphatic carbocycles. The van der Waals surface area contributed by atoms with E-state index in [1.54, 1.807) is 0 Å². The van der Waals surface area contributed by atoms with Crippen LogP contribution in [0.2, 0.25) is 0 Å². The first-order valence-corrected chi connectivity index (χ1v) is 4.96. The van der Waals surface area contributed by atoms with Gasteiger partial charge in [0.05, 0.1) is 10.5 Å². The molecule has 102 valence electrons. The van der Waals surface area contributed by atoms with Crippen molar-refractivity contribution in [3.05, 3.63) is 39.4 Å². The highest BCUT2D eigenvalue weighted by molar-refractivity contribution is 5.87. The second-order valence-corrected chi connectivity index (χ2v) is 3.45. The molecule has 0 radical (unpaired) electrons. The van der Waals surface area contributed by atoms with Crippen molar-refractivity contribution >= 4 is 17.7 Å². The van der Waals surface area contributed by atoms with Crippen LogP contribution in [0.3, 0.4) is 0 Å². The molecule has 0 bridgehead atoms. The van der Waals surface area contributed by atoms with Crippen molar-refractivity contribution in [1.82, 2.24) is 0 Å². The van der Waals surface area contributed by atoms with E-state index in [-0.39, 0.29) is 11.1 Å². The van der Waals surface area contributed by atoms with Crippen molar-refractivity contribution in [2.75, 3.05) is 0 Å². The summed E-state index contributed by atoms with van der Waals surface area (Å²) in [6.07, 6.45) is 1.46. The first-order valence-electron chi connectivity index (χ1n) is 4.96. The summed E-state index contributed by atoms with van der Waals surface area (Å²) in [6, 6.07) is 2.37. The maximum absolute atomic E-state index is 12.2. The third-order valence-electron chi connectivity index (χ3n) is 2.17. The quantitative estimate of drug-likeness (QED) is 0.506. The van der Waals surface area contributed by atoms with Gasteiger partial charge in [-0.1, -0.05) is 0 Å². The second kappa shape index (κ2) is 5.89. The van der Waals surface area contributed by atoms with Crippen LogP contribution in [0.1, 0.15) is 11.1 Å². The number of carbonyl (C=O) groups is 1. The fourth-order valence-electron chi connectivity index (χ4n) is 1.46. The van der Waals surface area contributed by atoms with E-state index in [2.05, 4.69) is 4.74 Å². The Hall–Kier alpha value is -2.51. The number of hydrogen-bond donors (Lipinski definition) is 1. The molecule has 0 saturated heterocycles. The van der Waals surface area contributed by atoms with E-state index in [1.807, 2.05) is 0 Å². The Morgan fingerprint density at radius 1 is 1.53 bits per heavy atom. The average Bonchev–Trinajstić information content (AvgIpc) is 2.27. The number of benzene rings is 1. The van der Waals surface area contributed by atoms with Crippen molar-refractivity contribution in [2.45, 2.75) is 13.5 Å². The van der Waals surface area contributed by atoms with Crippen molar-refractivity contribution in [2.24, 2.45) is 0 Å². The highest BCUT2D eigenvalue weighted by atomic mass is 19.3. The summed E-state index contributed by atoms with van der Waals surface area (Å²) in [5, 5.41) is 19.4. The molecule has 0 unspecified atom stereocenters. The summed E-state index contributed by atoms with van der Waals surface area (Å²) in [5.41, 5.74) is -0.583. The molecule has 19 heavy (non-hydrogen) atoms. The Morgan fingerprint density at radius 3 is 2.63 bits per heavy atom. The zero-order valence-corrected chi connectivity index (χ0v) is 9.67. The molecule has 1 rings (SSSR count). The molecule has 0 spiro atoms. The number of nitro benzene ring substituents is 1. The minimum Gasteiger partial charge on any atom is -0.478 e. The standard InChI is InChI=1S/C11H9F2NO5/c1-6-2-4-8(19-11(12)13)7(3-5-9(15)16)10(6)14(17)18/h2-5,11H,1H3,(H,15,16)/b5-3+. The number of alkyl halides is 2. The topological polar surface area (TPSA) is 89.7 Å². The summed E-state index contributed by atoms with van der Waals surface area (Å²) in [6.45, 7) is -1.76. The zero-order chi connectivity index (χ0) is 14.6. The molecule has 0 heterocycles. The van der Waals surface area contributed by atoms with E-state index < -0.39 is 28.9 Å². The van der Waals surface area contributed by atoms with Gasteiger partial charge in [0.25, 0.3) is 5.69 Å². The Kier molecular flexibility index (Phi) is 4.51. The molecule has 6 nitrogen and oxygen atoms in total. The fourth-order valence-corrected chi connectivity index (χ4v) is 1.46. The highest BCUT2D eigenvalue weighted by Crippen LogP contribution is 2.33. The molecule has 0 amide bonds. The lowest BCUT2D eigenvalue weighted by molar-refractivity contribution is -0.385. The molecule has 0 fully saturated rings. The molecule has 1 N–H and O–H groups in total. The molecule has 0 atom stereocenters. The van der Waals surface area contributed by atoms with Crippen LogP contribution in [0.5, 0.6) is 5.75 Å². The van der Waals surface area contributed by atoms with E-state index in [1.165, 1.54) is 13.0 Å². The van der Waals surface area contributed by atoms with Crippen LogP contribution >= 0.6 is 0 Å². The normalized spacial score (nSPS) is 10.9. The van der Waals surface area contributed by atoms with Gasteiger partial charge in [0.1, 0.15) is 5.75 Å². The number of ether oxygens (including phenoxy) is 1. The number of hydrogen-bond acceptors (Lipinski definition) is 4. The predicted octanol–water partition coefficient (Wildman–Crippen LogP) is 2.60. The van der Waals surface area contributed by atoms with Gasteiger partial charge in [-0.3, -0.25) is 10.1 Å². The summed E-state index contributed by atoms with van der Waals surface area (Å²) < 4.78 is 28.5. The monoisotopic (exact) mass is 273 g/mol. The lowest BCUT2D eigenvalue weighted by Crippen LogP contribution is -2.05. The number of carboxylic acid groups (broad SMARTS) is 1. The minimum atomic E-state index is -3.17. The predicted molar refractivity (Wildman–Crippen MR) is 61.1 cm³/mol. The third kappa shape index (κ3) is 3.73. The summed E-state index contributed by atoms with van der Waals surface area (Å²) in [4.78, 5) is 20.6. The number of nitro groups is 1. The van der Waals surface area contributed by atoms with Gasteiger partial charge in [-0.25, -0.2) is 4.79 Å². The van der Waals surface area contributed by atoms with Gasteiger partial charge in [0, 0.05) is 11.6 Å².